The van der Waals surface area contributed by atoms with Crippen LogP contribution in [0.1, 0.15) is 26.2 Å². The predicted octanol–water partition coefficient (Wildman–Crippen LogP) is 3.92. The highest BCUT2D eigenvalue weighted by atomic mass is 16.5. The number of carbonyl (C=O) groups is 1. The summed E-state index contributed by atoms with van der Waals surface area (Å²) in [6, 6.07) is 14.2. The van der Waals surface area contributed by atoms with Crippen molar-refractivity contribution in [1.82, 2.24) is 4.90 Å². The van der Waals surface area contributed by atoms with E-state index >= 15 is 0 Å². The van der Waals surface area contributed by atoms with Crippen LogP contribution < -0.4 is 5.32 Å². The second-order valence-electron chi connectivity index (χ2n) is 6.77. The van der Waals surface area contributed by atoms with Gasteiger partial charge in [-0.3, -0.25) is 4.79 Å². The topological polar surface area (TPSA) is 41.6 Å². The molecular formula is C21H28N2O2. The van der Waals surface area contributed by atoms with Crippen LogP contribution in [-0.4, -0.2) is 43.7 Å². The molecule has 0 aromatic heterocycles. The molecule has 4 nitrogen and oxygen atoms in total. The van der Waals surface area contributed by atoms with Crippen molar-refractivity contribution in [3.8, 4) is 0 Å². The Balaban J connectivity index is 1.52. The summed E-state index contributed by atoms with van der Waals surface area (Å²) in [5.74, 6) is 0.789. The Morgan fingerprint density at radius 2 is 1.92 bits per heavy atom. The number of hydrogen-bond donors (Lipinski definition) is 1. The van der Waals surface area contributed by atoms with Gasteiger partial charge in [-0.15, -0.1) is 0 Å². The van der Waals surface area contributed by atoms with Gasteiger partial charge in [0.15, 0.2) is 0 Å². The van der Waals surface area contributed by atoms with Crippen molar-refractivity contribution in [3.63, 3.8) is 0 Å². The van der Waals surface area contributed by atoms with Crippen molar-refractivity contribution in [2.75, 3.05) is 38.2 Å². The molecule has 134 valence electrons. The summed E-state index contributed by atoms with van der Waals surface area (Å²) in [6.45, 7) is 6.79. The number of ether oxygens (including phenoxy) is 1. The van der Waals surface area contributed by atoms with Crippen LogP contribution in [0.4, 0.5) is 5.69 Å². The summed E-state index contributed by atoms with van der Waals surface area (Å²) in [5.41, 5.74) is 0.899. The average molecular weight is 340 g/mol. The number of nitrogens with one attached hydrogen (secondary N) is 1. The highest BCUT2D eigenvalue weighted by Crippen LogP contribution is 2.23. The van der Waals surface area contributed by atoms with E-state index in [1.54, 1.807) is 0 Å². The fourth-order valence-corrected chi connectivity index (χ4v) is 3.48. The number of nitrogens with zero attached hydrogens (tertiary/aromatic N) is 1. The minimum atomic E-state index is 0.0850. The number of amides is 1. The van der Waals surface area contributed by atoms with Gasteiger partial charge >= 0.3 is 0 Å². The van der Waals surface area contributed by atoms with Gasteiger partial charge in [-0.25, -0.2) is 0 Å². The normalized spacial score (nSPS) is 15.6. The molecule has 0 aliphatic carbocycles. The van der Waals surface area contributed by atoms with E-state index in [1.807, 2.05) is 24.3 Å². The zero-order valence-corrected chi connectivity index (χ0v) is 15.0. The van der Waals surface area contributed by atoms with E-state index in [-0.39, 0.29) is 5.91 Å². The molecule has 1 aliphatic rings. The summed E-state index contributed by atoms with van der Waals surface area (Å²) < 4.78 is 5.43. The fourth-order valence-electron chi connectivity index (χ4n) is 3.48. The van der Waals surface area contributed by atoms with E-state index in [0.717, 1.165) is 62.1 Å². The molecular weight excluding hydrogens is 312 g/mol. The highest BCUT2D eigenvalue weighted by Gasteiger charge is 2.17. The molecule has 1 aliphatic heterocycles. The lowest BCUT2D eigenvalue weighted by atomic mass is 9.99. The Hall–Kier alpha value is -1.91. The minimum absolute atomic E-state index is 0.0850. The molecule has 0 atom stereocenters. The number of hydrogen-bond acceptors (Lipinski definition) is 3. The van der Waals surface area contributed by atoms with Crippen LogP contribution in [0.3, 0.4) is 0 Å². The number of carbonyl (C=O) groups excluding carboxylic acids is 1. The van der Waals surface area contributed by atoms with Gasteiger partial charge in [0.1, 0.15) is 0 Å². The fraction of sp³-hybridized carbons (Fsp3) is 0.476. The summed E-state index contributed by atoms with van der Waals surface area (Å²) >= 11 is 0. The SMILES string of the molecule is CCN(CCC(=O)Nc1cccc2ccccc12)CC1CCOCC1. The Kier molecular flexibility index (Phi) is 6.42. The predicted molar refractivity (Wildman–Crippen MR) is 103 cm³/mol. The molecule has 0 bridgehead atoms. The van der Waals surface area contributed by atoms with Gasteiger partial charge < -0.3 is 15.0 Å². The minimum Gasteiger partial charge on any atom is -0.381 e. The largest absolute Gasteiger partial charge is 0.381 e. The van der Waals surface area contributed by atoms with Crippen molar-refractivity contribution in [3.05, 3.63) is 42.5 Å². The van der Waals surface area contributed by atoms with Gasteiger partial charge in [0.25, 0.3) is 0 Å². The first-order chi connectivity index (χ1) is 12.3. The Bertz CT molecular complexity index is 690. The first-order valence-corrected chi connectivity index (χ1v) is 9.34. The first-order valence-electron chi connectivity index (χ1n) is 9.34. The smallest absolute Gasteiger partial charge is 0.225 e. The maximum absolute atomic E-state index is 12.4. The van der Waals surface area contributed by atoms with Crippen molar-refractivity contribution in [2.24, 2.45) is 5.92 Å². The number of rotatable bonds is 7. The van der Waals surface area contributed by atoms with Gasteiger partial charge in [0.05, 0.1) is 0 Å². The zero-order valence-electron chi connectivity index (χ0n) is 15.0. The molecule has 1 heterocycles. The second-order valence-corrected chi connectivity index (χ2v) is 6.77. The van der Waals surface area contributed by atoms with Crippen molar-refractivity contribution in [1.29, 1.82) is 0 Å². The van der Waals surface area contributed by atoms with Gasteiger partial charge in [-0.1, -0.05) is 43.3 Å². The Morgan fingerprint density at radius 1 is 1.16 bits per heavy atom. The standard InChI is InChI=1S/C21H28N2O2/c1-2-23(16-17-11-14-25-15-12-17)13-10-21(24)22-20-9-5-7-18-6-3-4-8-19(18)20/h3-9,17H,2,10-16H2,1H3,(H,22,24). The number of fused-ring (bicyclic) bond motifs is 1. The van der Waals surface area contributed by atoms with Crippen LogP contribution in [0.2, 0.25) is 0 Å². The lowest BCUT2D eigenvalue weighted by Gasteiger charge is -2.28. The van der Waals surface area contributed by atoms with E-state index < -0.39 is 0 Å². The molecule has 1 N–H and O–H groups in total. The van der Waals surface area contributed by atoms with Gasteiger partial charge in [0.2, 0.25) is 5.91 Å². The molecule has 0 unspecified atom stereocenters. The van der Waals surface area contributed by atoms with E-state index in [2.05, 4.69) is 35.3 Å². The molecule has 3 rings (SSSR count). The van der Waals surface area contributed by atoms with E-state index in [1.165, 1.54) is 0 Å². The van der Waals surface area contributed by atoms with Gasteiger partial charge in [-0.2, -0.15) is 0 Å². The van der Waals surface area contributed by atoms with Crippen LogP contribution in [0.5, 0.6) is 0 Å². The van der Waals surface area contributed by atoms with Crippen molar-refractivity contribution >= 4 is 22.4 Å². The summed E-state index contributed by atoms with van der Waals surface area (Å²) in [5, 5.41) is 5.32. The lowest BCUT2D eigenvalue weighted by Crippen LogP contribution is -2.34. The Labute approximate surface area is 150 Å². The molecule has 25 heavy (non-hydrogen) atoms. The van der Waals surface area contributed by atoms with Crippen LogP contribution in [0.25, 0.3) is 10.8 Å². The average Bonchev–Trinajstić information content (AvgIpc) is 2.66. The maximum atomic E-state index is 12.4. The third-order valence-electron chi connectivity index (χ3n) is 5.02. The first kappa shape index (κ1) is 17.9. The number of anilines is 1. The molecule has 0 radical (unpaired) electrons. The third kappa shape index (κ3) is 5.03. The monoisotopic (exact) mass is 340 g/mol. The molecule has 1 fully saturated rings. The molecule has 1 saturated heterocycles. The van der Waals surface area contributed by atoms with Crippen LogP contribution >= 0.6 is 0 Å². The third-order valence-corrected chi connectivity index (χ3v) is 5.02. The van der Waals surface area contributed by atoms with Gasteiger partial charge in [-0.05, 0) is 36.8 Å². The highest BCUT2D eigenvalue weighted by molar-refractivity contribution is 6.02. The molecule has 2 aromatic rings. The summed E-state index contributed by atoms with van der Waals surface area (Å²) in [6.07, 6.45) is 2.80. The molecule has 0 spiro atoms. The second kappa shape index (κ2) is 8.97. The molecule has 4 heteroatoms. The summed E-state index contributed by atoms with van der Waals surface area (Å²) in [7, 11) is 0. The van der Waals surface area contributed by atoms with E-state index in [9.17, 15) is 4.79 Å². The maximum Gasteiger partial charge on any atom is 0.225 e. The van der Waals surface area contributed by atoms with E-state index in [4.69, 9.17) is 4.74 Å². The van der Waals surface area contributed by atoms with Crippen LogP contribution in [-0.2, 0) is 9.53 Å². The summed E-state index contributed by atoms with van der Waals surface area (Å²) in [4.78, 5) is 14.8. The lowest BCUT2D eigenvalue weighted by molar-refractivity contribution is -0.116. The van der Waals surface area contributed by atoms with Crippen LogP contribution in [0, 0.1) is 5.92 Å². The van der Waals surface area contributed by atoms with Crippen molar-refractivity contribution in [2.45, 2.75) is 26.2 Å². The zero-order chi connectivity index (χ0) is 17.5. The van der Waals surface area contributed by atoms with Crippen molar-refractivity contribution < 1.29 is 9.53 Å². The molecule has 0 saturated carbocycles. The van der Waals surface area contributed by atoms with E-state index in [0.29, 0.717) is 12.3 Å². The molecule has 2 aromatic carbocycles. The quantitative estimate of drug-likeness (QED) is 0.831. The Morgan fingerprint density at radius 3 is 2.72 bits per heavy atom. The van der Waals surface area contributed by atoms with Gasteiger partial charge in [0, 0.05) is 43.8 Å². The van der Waals surface area contributed by atoms with Crippen LogP contribution in [0.15, 0.2) is 42.5 Å². The molecule has 1 amide bonds. The number of benzene rings is 2.